The standard InChI is InChI=1S/C18H19N3OS/c1-12-14-10-15(23-17(14)21(2)20-12)16(22)19-11-18(8-9-18)13-6-4-3-5-7-13/h3-7,10H,8-9,11H2,1-2H3,(H,19,22). The van der Waals surface area contributed by atoms with Crippen molar-refractivity contribution in [1.29, 1.82) is 0 Å². The largest absolute Gasteiger partial charge is 0.350 e. The van der Waals surface area contributed by atoms with Gasteiger partial charge in [-0.3, -0.25) is 9.48 Å². The highest BCUT2D eigenvalue weighted by atomic mass is 32.1. The molecule has 0 aliphatic heterocycles. The monoisotopic (exact) mass is 325 g/mol. The van der Waals surface area contributed by atoms with Crippen LogP contribution in [0.2, 0.25) is 0 Å². The van der Waals surface area contributed by atoms with E-state index in [0.717, 1.165) is 33.6 Å². The Kier molecular flexibility index (Phi) is 3.27. The van der Waals surface area contributed by atoms with Gasteiger partial charge in [-0.05, 0) is 31.4 Å². The number of rotatable bonds is 4. The van der Waals surface area contributed by atoms with Crippen molar-refractivity contribution in [2.45, 2.75) is 25.2 Å². The summed E-state index contributed by atoms with van der Waals surface area (Å²) in [6.07, 6.45) is 2.29. The second-order valence-corrected chi connectivity index (χ2v) is 7.40. The maximum Gasteiger partial charge on any atom is 0.261 e. The molecular weight excluding hydrogens is 306 g/mol. The quantitative estimate of drug-likeness (QED) is 0.799. The summed E-state index contributed by atoms with van der Waals surface area (Å²) in [7, 11) is 1.92. The minimum absolute atomic E-state index is 0.0211. The first-order chi connectivity index (χ1) is 11.1. The molecule has 1 N–H and O–H groups in total. The van der Waals surface area contributed by atoms with Crippen molar-refractivity contribution in [3.63, 3.8) is 0 Å². The molecule has 2 heterocycles. The van der Waals surface area contributed by atoms with Crippen LogP contribution in [0, 0.1) is 6.92 Å². The lowest BCUT2D eigenvalue weighted by Crippen LogP contribution is -2.31. The predicted molar refractivity (Wildman–Crippen MR) is 93.0 cm³/mol. The molecule has 1 aromatic carbocycles. The number of aromatic nitrogens is 2. The van der Waals surface area contributed by atoms with Gasteiger partial charge in [-0.15, -0.1) is 11.3 Å². The van der Waals surface area contributed by atoms with Gasteiger partial charge in [0.05, 0.1) is 10.6 Å². The Bertz CT molecular complexity index is 840. The maximum atomic E-state index is 12.5. The van der Waals surface area contributed by atoms with Crippen LogP contribution in [0.15, 0.2) is 36.4 Å². The fourth-order valence-electron chi connectivity index (χ4n) is 3.16. The van der Waals surface area contributed by atoms with Gasteiger partial charge in [0.15, 0.2) is 0 Å². The maximum absolute atomic E-state index is 12.5. The lowest BCUT2D eigenvalue weighted by molar-refractivity contribution is 0.0954. The number of aryl methyl sites for hydroxylation is 2. The van der Waals surface area contributed by atoms with E-state index in [0.29, 0.717) is 6.54 Å². The molecule has 0 atom stereocenters. The summed E-state index contributed by atoms with van der Waals surface area (Å²) in [6, 6.07) is 12.4. The van der Waals surface area contributed by atoms with Crippen LogP contribution in [-0.4, -0.2) is 22.2 Å². The van der Waals surface area contributed by atoms with Crippen LogP contribution in [0.1, 0.15) is 33.8 Å². The lowest BCUT2D eigenvalue weighted by Gasteiger charge is -2.16. The van der Waals surface area contributed by atoms with E-state index in [9.17, 15) is 4.79 Å². The molecule has 3 aromatic rings. The van der Waals surface area contributed by atoms with Crippen LogP contribution >= 0.6 is 11.3 Å². The average molecular weight is 325 g/mol. The van der Waals surface area contributed by atoms with E-state index >= 15 is 0 Å². The predicted octanol–water partition coefficient (Wildman–Crippen LogP) is 3.40. The molecule has 4 nitrogen and oxygen atoms in total. The number of fused-ring (bicyclic) bond motifs is 1. The van der Waals surface area contributed by atoms with E-state index in [1.807, 2.05) is 30.8 Å². The molecule has 0 radical (unpaired) electrons. The SMILES string of the molecule is Cc1nn(C)c2sc(C(=O)NCC3(c4ccccc4)CC3)cc12. The van der Waals surface area contributed by atoms with Gasteiger partial charge in [0.1, 0.15) is 4.83 Å². The van der Waals surface area contributed by atoms with Gasteiger partial charge in [-0.25, -0.2) is 0 Å². The average Bonchev–Trinajstić information content (AvgIpc) is 3.14. The molecule has 1 aliphatic carbocycles. The van der Waals surface area contributed by atoms with Crippen LogP contribution in [0.4, 0.5) is 0 Å². The second-order valence-electron chi connectivity index (χ2n) is 6.37. The highest BCUT2D eigenvalue weighted by molar-refractivity contribution is 7.20. The number of carbonyl (C=O) groups is 1. The molecule has 5 heteroatoms. The summed E-state index contributed by atoms with van der Waals surface area (Å²) in [5, 5.41) is 8.59. The number of thiophene rings is 1. The van der Waals surface area contributed by atoms with Gasteiger partial charge in [-0.2, -0.15) is 5.10 Å². The van der Waals surface area contributed by atoms with Gasteiger partial charge in [-0.1, -0.05) is 30.3 Å². The molecule has 0 saturated heterocycles. The van der Waals surface area contributed by atoms with Crippen molar-refractivity contribution in [2.24, 2.45) is 7.05 Å². The Hall–Kier alpha value is -2.14. The van der Waals surface area contributed by atoms with E-state index in [-0.39, 0.29) is 11.3 Å². The van der Waals surface area contributed by atoms with E-state index < -0.39 is 0 Å². The molecule has 2 aromatic heterocycles. The molecule has 1 fully saturated rings. The summed E-state index contributed by atoms with van der Waals surface area (Å²) in [4.78, 5) is 14.3. The third-order valence-electron chi connectivity index (χ3n) is 4.75. The number of carbonyl (C=O) groups excluding carboxylic acids is 1. The van der Waals surface area contributed by atoms with Crippen LogP contribution in [0.3, 0.4) is 0 Å². The Morgan fingerprint density at radius 3 is 2.74 bits per heavy atom. The third-order valence-corrected chi connectivity index (χ3v) is 5.95. The van der Waals surface area contributed by atoms with Crippen molar-refractivity contribution in [3.8, 4) is 0 Å². The molecular formula is C18H19N3OS. The number of hydrogen-bond donors (Lipinski definition) is 1. The van der Waals surface area contributed by atoms with Gasteiger partial charge >= 0.3 is 0 Å². The van der Waals surface area contributed by atoms with E-state index in [2.05, 4.69) is 34.7 Å². The fourth-order valence-corrected chi connectivity index (χ4v) is 4.20. The summed E-state index contributed by atoms with van der Waals surface area (Å²) >= 11 is 1.51. The molecule has 118 valence electrons. The molecule has 1 amide bonds. The number of hydrogen-bond acceptors (Lipinski definition) is 3. The minimum atomic E-state index is 0.0211. The zero-order chi connectivity index (χ0) is 16.0. The number of nitrogens with zero attached hydrogens (tertiary/aromatic N) is 2. The third kappa shape index (κ3) is 2.45. The number of benzene rings is 1. The molecule has 1 saturated carbocycles. The first kappa shape index (κ1) is 14.5. The van der Waals surface area contributed by atoms with Crippen LogP contribution in [-0.2, 0) is 12.5 Å². The number of nitrogens with one attached hydrogen (secondary N) is 1. The fraction of sp³-hybridized carbons (Fsp3) is 0.333. The van der Waals surface area contributed by atoms with Crippen molar-refractivity contribution in [1.82, 2.24) is 15.1 Å². The molecule has 0 unspecified atom stereocenters. The van der Waals surface area contributed by atoms with Crippen molar-refractivity contribution in [3.05, 3.63) is 52.5 Å². The molecule has 1 aliphatic rings. The van der Waals surface area contributed by atoms with Crippen LogP contribution in [0.25, 0.3) is 10.2 Å². The Labute approximate surface area is 139 Å². The van der Waals surface area contributed by atoms with Gasteiger partial charge in [0.2, 0.25) is 0 Å². The van der Waals surface area contributed by atoms with Crippen LogP contribution in [0.5, 0.6) is 0 Å². The van der Waals surface area contributed by atoms with Gasteiger partial charge in [0, 0.05) is 24.4 Å². The highest BCUT2D eigenvalue weighted by Crippen LogP contribution is 2.47. The zero-order valence-corrected chi connectivity index (χ0v) is 14.1. The Morgan fingerprint density at radius 1 is 1.35 bits per heavy atom. The highest BCUT2D eigenvalue weighted by Gasteiger charge is 2.44. The topological polar surface area (TPSA) is 46.9 Å². The first-order valence-electron chi connectivity index (χ1n) is 7.86. The van der Waals surface area contributed by atoms with E-state index in [4.69, 9.17) is 0 Å². The van der Waals surface area contributed by atoms with Crippen molar-refractivity contribution in [2.75, 3.05) is 6.54 Å². The molecule has 23 heavy (non-hydrogen) atoms. The summed E-state index contributed by atoms with van der Waals surface area (Å²) in [5.41, 5.74) is 2.45. The minimum Gasteiger partial charge on any atom is -0.350 e. The smallest absolute Gasteiger partial charge is 0.261 e. The molecule has 4 rings (SSSR count). The normalized spacial score (nSPS) is 15.7. The zero-order valence-electron chi connectivity index (χ0n) is 13.3. The lowest BCUT2D eigenvalue weighted by atomic mass is 9.96. The first-order valence-corrected chi connectivity index (χ1v) is 8.68. The van der Waals surface area contributed by atoms with Gasteiger partial charge < -0.3 is 5.32 Å². The summed E-state index contributed by atoms with van der Waals surface area (Å²) in [6.45, 7) is 2.69. The van der Waals surface area contributed by atoms with E-state index in [1.54, 1.807) is 0 Å². The van der Waals surface area contributed by atoms with Crippen LogP contribution < -0.4 is 5.32 Å². The Morgan fingerprint density at radius 2 is 2.09 bits per heavy atom. The summed E-state index contributed by atoms with van der Waals surface area (Å²) < 4.78 is 1.85. The Balaban J connectivity index is 1.50. The number of amides is 1. The second kappa shape index (κ2) is 5.20. The molecule has 0 bridgehead atoms. The van der Waals surface area contributed by atoms with E-state index in [1.165, 1.54) is 16.9 Å². The van der Waals surface area contributed by atoms with Crippen molar-refractivity contribution < 1.29 is 4.79 Å². The van der Waals surface area contributed by atoms with Gasteiger partial charge in [0.25, 0.3) is 5.91 Å². The molecule has 0 spiro atoms. The van der Waals surface area contributed by atoms with Crippen molar-refractivity contribution >= 4 is 27.5 Å². The summed E-state index contributed by atoms with van der Waals surface area (Å²) in [5.74, 6) is 0.0211.